The summed E-state index contributed by atoms with van der Waals surface area (Å²) in [6.07, 6.45) is 0.436. The third-order valence-corrected chi connectivity index (χ3v) is 4.77. The highest BCUT2D eigenvalue weighted by molar-refractivity contribution is 5.74. The van der Waals surface area contributed by atoms with E-state index in [2.05, 4.69) is 15.3 Å². The molecule has 0 saturated carbocycles. The number of aromatic amines is 1. The molecule has 10 nitrogen and oxygen atoms in total. The zero-order chi connectivity index (χ0) is 21.7. The third kappa shape index (κ3) is 4.71. The van der Waals surface area contributed by atoms with E-state index in [-0.39, 0.29) is 30.9 Å². The highest BCUT2D eigenvalue weighted by atomic mass is 16.5. The number of hydrogen-bond acceptors (Lipinski definition) is 7. The molecule has 3 aromatic rings. The molecule has 10 heteroatoms. The van der Waals surface area contributed by atoms with Crippen molar-refractivity contribution in [1.82, 2.24) is 19.1 Å². The fourth-order valence-electron chi connectivity index (χ4n) is 3.14. The number of aliphatic hydroxyl groups is 2. The van der Waals surface area contributed by atoms with Gasteiger partial charge in [0, 0.05) is 20.2 Å². The maximum atomic E-state index is 12.4. The summed E-state index contributed by atoms with van der Waals surface area (Å²) in [5, 5.41) is 22.6. The summed E-state index contributed by atoms with van der Waals surface area (Å²) < 4.78 is 8.47. The first-order valence-electron chi connectivity index (χ1n) is 9.88. The van der Waals surface area contributed by atoms with Gasteiger partial charge in [-0.1, -0.05) is 19.1 Å². The van der Waals surface area contributed by atoms with E-state index in [9.17, 15) is 14.7 Å². The number of aliphatic hydroxyl groups excluding tert-OH is 2. The molecular weight excluding hydrogens is 390 g/mol. The number of benzene rings is 1. The van der Waals surface area contributed by atoms with Gasteiger partial charge >= 0.3 is 5.69 Å². The van der Waals surface area contributed by atoms with Crippen LogP contribution in [0.25, 0.3) is 11.2 Å². The average molecular weight is 417 g/mol. The number of anilines is 1. The molecule has 1 atom stereocenters. The molecule has 0 radical (unpaired) electrons. The Bertz CT molecular complexity index is 1120. The van der Waals surface area contributed by atoms with Gasteiger partial charge in [0.2, 0.25) is 5.95 Å². The summed E-state index contributed by atoms with van der Waals surface area (Å²) >= 11 is 0. The predicted octanol–water partition coefficient (Wildman–Crippen LogP) is 0.220. The lowest BCUT2D eigenvalue weighted by Crippen LogP contribution is -2.31. The number of hydrogen-bond donors (Lipinski definition) is 4. The monoisotopic (exact) mass is 417 g/mol. The minimum atomic E-state index is -0.928. The quantitative estimate of drug-likeness (QED) is 0.347. The van der Waals surface area contributed by atoms with E-state index in [0.717, 1.165) is 12.0 Å². The molecule has 4 N–H and O–H groups in total. The van der Waals surface area contributed by atoms with E-state index >= 15 is 0 Å². The van der Waals surface area contributed by atoms with Gasteiger partial charge in [-0.2, -0.15) is 4.98 Å². The summed E-state index contributed by atoms with van der Waals surface area (Å²) in [4.78, 5) is 31.0. The molecule has 0 aliphatic heterocycles. The third-order valence-electron chi connectivity index (χ3n) is 4.77. The molecule has 1 aromatic carbocycles. The van der Waals surface area contributed by atoms with Crippen molar-refractivity contribution < 1.29 is 14.9 Å². The normalized spacial score (nSPS) is 12.3. The lowest BCUT2D eigenvalue weighted by Gasteiger charge is -2.16. The van der Waals surface area contributed by atoms with E-state index in [1.807, 2.05) is 31.2 Å². The molecular formula is C20H27N5O5. The Labute approximate surface area is 172 Å². The average Bonchev–Trinajstić information content (AvgIpc) is 3.09. The van der Waals surface area contributed by atoms with Gasteiger partial charge in [-0.15, -0.1) is 0 Å². The number of ether oxygens (including phenoxy) is 1. The van der Waals surface area contributed by atoms with Crippen LogP contribution in [0, 0.1) is 0 Å². The van der Waals surface area contributed by atoms with Crippen LogP contribution in [0.3, 0.4) is 0 Å². The first kappa shape index (κ1) is 21.6. The van der Waals surface area contributed by atoms with Crippen LogP contribution in [0.5, 0.6) is 5.75 Å². The van der Waals surface area contributed by atoms with Gasteiger partial charge in [-0.05, 0) is 30.5 Å². The number of imidazole rings is 1. The van der Waals surface area contributed by atoms with Gasteiger partial charge < -0.3 is 24.8 Å². The topological polar surface area (TPSA) is 134 Å². The molecule has 0 amide bonds. The summed E-state index contributed by atoms with van der Waals surface area (Å²) in [5.74, 6) is 0.989. The van der Waals surface area contributed by atoms with E-state index in [1.165, 1.54) is 16.2 Å². The Morgan fingerprint density at radius 1 is 1.33 bits per heavy atom. The molecule has 2 heterocycles. The van der Waals surface area contributed by atoms with Crippen LogP contribution in [0.1, 0.15) is 18.9 Å². The lowest BCUT2D eigenvalue weighted by molar-refractivity contribution is 0.0938. The second-order valence-electron chi connectivity index (χ2n) is 7.01. The highest BCUT2D eigenvalue weighted by Crippen LogP contribution is 2.17. The molecule has 0 aliphatic rings. The van der Waals surface area contributed by atoms with Gasteiger partial charge in [0.25, 0.3) is 5.56 Å². The number of H-pyrrole nitrogens is 1. The van der Waals surface area contributed by atoms with Crippen LogP contribution < -0.4 is 21.3 Å². The molecule has 3 rings (SSSR count). The van der Waals surface area contributed by atoms with E-state index in [4.69, 9.17) is 9.84 Å². The van der Waals surface area contributed by atoms with Crippen LogP contribution in [0.2, 0.25) is 0 Å². The molecule has 0 bridgehead atoms. The van der Waals surface area contributed by atoms with E-state index in [1.54, 1.807) is 0 Å². The first-order chi connectivity index (χ1) is 14.4. The van der Waals surface area contributed by atoms with Crippen LogP contribution in [0.4, 0.5) is 5.95 Å². The standard InChI is InChI=1S/C20H27N5O5/c1-3-13-6-4-7-15(10-13)30-12-14(27)11-25-16-17(22-19(25)21-8-5-9-26)24(2)20(29)23-18(16)28/h4,6-7,10,14,26-27H,3,5,8-9,11-12H2,1-2H3,(H,21,22)(H,23,28,29)/t14-/m1/s1. The van der Waals surface area contributed by atoms with Crippen LogP contribution in [0.15, 0.2) is 33.9 Å². The Balaban J connectivity index is 1.85. The van der Waals surface area contributed by atoms with E-state index < -0.39 is 17.4 Å². The second-order valence-corrected chi connectivity index (χ2v) is 7.01. The fraction of sp³-hybridized carbons (Fsp3) is 0.450. The molecule has 2 aromatic heterocycles. The van der Waals surface area contributed by atoms with Crippen molar-refractivity contribution in [2.45, 2.75) is 32.4 Å². The van der Waals surface area contributed by atoms with Gasteiger partial charge in [-0.3, -0.25) is 14.3 Å². The summed E-state index contributed by atoms with van der Waals surface area (Å²) in [6.45, 7) is 2.52. The van der Waals surface area contributed by atoms with E-state index in [0.29, 0.717) is 24.7 Å². The number of nitrogens with one attached hydrogen (secondary N) is 2. The van der Waals surface area contributed by atoms with Gasteiger partial charge in [-0.25, -0.2) is 4.79 Å². The number of fused-ring (bicyclic) bond motifs is 1. The summed E-state index contributed by atoms with van der Waals surface area (Å²) in [6, 6.07) is 7.64. The second kappa shape index (κ2) is 9.59. The maximum Gasteiger partial charge on any atom is 0.329 e. The number of nitrogens with zero attached hydrogens (tertiary/aromatic N) is 3. The maximum absolute atomic E-state index is 12.4. The molecule has 0 fully saturated rings. The van der Waals surface area contributed by atoms with Crippen molar-refractivity contribution in [2.75, 3.05) is 25.1 Å². The first-order valence-corrected chi connectivity index (χ1v) is 9.88. The Hall–Kier alpha value is -3.11. The highest BCUT2D eigenvalue weighted by Gasteiger charge is 2.19. The van der Waals surface area contributed by atoms with Crippen molar-refractivity contribution >= 4 is 17.1 Å². The number of rotatable bonds is 10. The van der Waals surface area contributed by atoms with Gasteiger partial charge in [0.1, 0.15) is 18.5 Å². The summed E-state index contributed by atoms with van der Waals surface area (Å²) in [5.41, 5.74) is 0.360. The smallest absolute Gasteiger partial charge is 0.329 e. The molecule has 30 heavy (non-hydrogen) atoms. The van der Waals surface area contributed by atoms with Crippen molar-refractivity contribution in [1.29, 1.82) is 0 Å². The molecule has 0 saturated heterocycles. The fourth-order valence-corrected chi connectivity index (χ4v) is 3.14. The largest absolute Gasteiger partial charge is 0.491 e. The Morgan fingerprint density at radius 3 is 2.87 bits per heavy atom. The van der Waals surface area contributed by atoms with Crippen LogP contribution in [-0.2, 0) is 20.0 Å². The van der Waals surface area contributed by atoms with Crippen molar-refractivity contribution in [3.05, 3.63) is 50.7 Å². The minimum Gasteiger partial charge on any atom is -0.491 e. The summed E-state index contributed by atoms with van der Waals surface area (Å²) in [7, 11) is 1.51. The predicted molar refractivity (Wildman–Crippen MR) is 113 cm³/mol. The Morgan fingerprint density at radius 2 is 2.13 bits per heavy atom. The minimum absolute atomic E-state index is 0.000410. The van der Waals surface area contributed by atoms with Crippen LogP contribution >= 0.6 is 0 Å². The van der Waals surface area contributed by atoms with Gasteiger partial charge in [0.15, 0.2) is 11.2 Å². The number of aromatic nitrogens is 4. The molecule has 0 spiro atoms. The van der Waals surface area contributed by atoms with Crippen molar-refractivity contribution in [3.63, 3.8) is 0 Å². The SMILES string of the molecule is CCc1cccc(OC[C@H](O)Cn2c(NCCCO)nc3c2c(=O)[nH]c(=O)n3C)c1. The number of aryl methyl sites for hydroxylation is 2. The lowest BCUT2D eigenvalue weighted by atomic mass is 10.2. The molecule has 162 valence electrons. The molecule has 0 aliphatic carbocycles. The zero-order valence-corrected chi connectivity index (χ0v) is 17.1. The van der Waals surface area contributed by atoms with Crippen LogP contribution in [-0.4, -0.2) is 55.2 Å². The van der Waals surface area contributed by atoms with Crippen molar-refractivity contribution in [3.8, 4) is 5.75 Å². The zero-order valence-electron chi connectivity index (χ0n) is 17.1. The Kier molecular flexibility index (Phi) is 6.91. The van der Waals surface area contributed by atoms with Gasteiger partial charge in [0.05, 0.1) is 6.54 Å². The molecule has 0 unspecified atom stereocenters. The van der Waals surface area contributed by atoms with Crippen molar-refractivity contribution in [2.24, 2.45) is 7.05 Å².